The number of oxazole rings is 1. The number of para-hydroxylation sites is 2. The largest absolute Gasteiger partial charge is 0.423 e. The molecule has 1 aliphatic rings. The van der Waals surface area contributed by atoms with Gasteiger partial charge in [0.1, 0.15) is 5.52 Å². The van der Waals surface area contributed by atoms with Crippen LogP contribution in [0, 0.1) is 11.4 Å². The first kappa shape index (κ1) is 24.7. The van der Waals surface area contributed by atoms with Gasteiger partial charge < -0.3 is 14.6 Å². The van der Waals surface area contributed by atoms with Crippen molar-refractivity contribution in [2.24, 2.45) is 16.2 Å². The summed E-state index contributed by atoms with van der Waals surface area (Å²) in [6, 6.07) is 23.4. The first-order valence-electron chi connectivity index (χ1n) is 13.1. The van der Waals surface area contributed by atoms with E-state index in [0.29, 0.717) is 18.0 Å². The van der Waals surface area contributed by atoms with Crippen molar-refractivity contribution < 1.29 is 4.42 Å². The molecule has 1 aromatic heterocycles. The number of nitrogens with one attached hydrogen (secondary N) is 2. The van der Waals surface area contributed by atoms with E-state index in [2.05, 4.69) is 58.7 Å². The number of hydrogen-bond donors (Lipinski definition) is 2. The molecule has 0 atom stereocenters. The highest BCUT2D eigenvalue weighted by molar-refractivity contribution is 5.92. The lowest BCUT2D eigenvalue weighted by Gasteiger charge is -2.38. The van der Waals surface area contributed by atoms with Gasteiger partial charge in [-0.05, 0) is 54.2 Å². The topological polar surface area (TPSA) is 89.9 Å². The van der Waals surface area contributed by atoms with E-state index in [1.165, 1.54) is 37.8 Å². The Morgan fingerprint density at radius 2 is 1.84 bits per heavy atom. The second-order valence-corrected chi connectivity index (χ2v) is 10.1. The molecule has 1 heterocycles. The predicted molar refractivity (Wildman–Crippen MR) is 151 cm³/mol. The summed E-state index contributed by atoms with van der Waals surface area (Å²) < 4.78 is 6.06. The molecule has 1 fully saturated rings. The standard InChI is InChI=1S/C30H34N6O/c1-21(2)20-36(24-11-4-3-5-12-24)28-17-16-22(25-13-7-6-10-23(25)19-32-35-31)18-27(28)34-30-33-26-14-8-9-15-29(26)37-30/h6-10,13-19,21,24,31H,3-5,11-12,20H2,1-2H3,(H,33,34)/b32-19+,35-31?. The van der Waals surface area contributed by atoms with Gasteiger partial charge in [-0.15, -0.1) is 5.10 Å². The number of fused-ring (bicyclic) bond motifs is 1. The maximum absolute atomic E-state index is 7.05. The minimum Gasteiger partial charge on any atom is -0.423 e. The van der Waals surface area contributed by atoms with E-state index in [0.717, 1.165) is 40.0 Å². The number of nitrogens with zero attached hydrogens (tertiary/aromatic N) is 4. The van der Waals surface area contributed by atoms with Crippen LogP contribution < -0.4 is 10.2 Å². The molecule has 2 N–H and O–H groups in total. The minimum absolute atomic E-state index is 0.482. The second kappa shape index (κ2) is 11.4. The first-order valence-corrected chi connectivity index (χ1v) is 13.1. The van der Waals surface area contributed by atoms with Crippen molar-refractivity contribution in [1.82, 2.24) is 4.98 Å². The molecule has 190 valence electrons. The van der Waals surface area contributed by atoms with Crippen LogP contribution in [0.2, 0.25) is 0 Å². The summed E-state index contributed by atoms with van der Waals surface area (Å²) in [7, 11) is 0. The van der Waals surface area contributed by atoms with E-state index in [-0.39, 0.29) is 0 Å². The Hall–Kier alpha value is -4.00. The van der Waals surface area contributed by atoms with E-state index >= 15 is 0 Å². The molecule has 5 rings (SSSR count). The van der Waals surface area contributed by atoms with Crippen molar-refractivity contribution in [1.29, 1.82) is 5.53 Å². The Labute approximate surface area is 218 Å². The zero-order valence-electron chi connectivity index (χ0n) is 21.5. The summed E-state index contributed by atoms with van der Waals surface area (Å²) in [6.45, 7) is 5.55. The average molecular weight is 495 g/mol. The second-order valence-electron chi connectivity index (χ2n) is 10.1. The molecule has 0 radical (unpaired) electrons. The third-order valence-corrected chi connectivity index (χ3v) is 6.95. The van der Waals surface area contributed by atoms with Gasteiger partial charge in [0.25, 0.3) is 6.01 Å². The molecule has 4 aromatic rings. The minimum atomic E-state index is 0.482. The SMILES string of the molecule is CC(C)CN(c1ccc(-c2ccccc2/C=N/N=N)cc1Nc1nc2ccccc2o1)C1CCCCC1. The Morgan fingerprint density at radius 1 is 1.05 bits per heavy atom. The number of hydrogen-bond acceptors (Lipinski definition) is 6. The van der Waals surface area contributed by atoms with E-state index in [9.17, 15) is 0 Å². The summed E-state index contributed by atoms with van der Waals surface area (Å²) >= 11 is 0. The molecule has 0 saturated heterocycles. The molecule has 3 aromatic carbocycles. The molecule has 0 aliphatic heterocycles. The zero-order valence-corrected chi connectivity index (χ0v) is 21.5. The third-order valence-electron chi connectivity index (χ3n) is 6.95. The zero-order chi connectivity index (χ0) is 25.6. The van der Waals surface area contributed by atoms with Crippen LogP contribution in [0.25, 0.3) is 22.2 Å². The lowest BCUT2D eigenvalue weighted by atomic mass is 9.92. The molecule has 0 spiro atoms. The normalized spacial score (nSPS) is 14.5. The van der Waals surface area contributed by atoms with Crippen molar-refractivity contribution >= 4 is 34.7 Å². The highest BCUT2D eigenvalue weighted by Crippen LogP contribution is 2.38. The highest BCUT2D eigenvalue weighted by Gasteiger charge is 2.25. The van der Waals surface area contributed by atoms with Gasteiger partial charge in [-0.25, -0.2) is 0 Å². The number of rotatable bonds is 9. The third kappa shape index (κ3) is 5.71. The Kier molecular flexibility index (Phi) is 7.59. The molecular weight excluding hydrogens is 460 g/mol. The van der Waals surface area contributed by atoms with E-state index in [4.69, 9.17) is 14.9 Å². The predicted octanol–water partition coefficient (Wildman–Crippen LogP) is 8.40. The Balaban J connectivity index is 1.61. The Bertz CT molecular complexity index is 1350. The maximum atomic E-state index is 7.05. The van der Waals surface area contributed by atoms with E-state index in [1.54, 1.807) is 6.21 Å². The summed E-state index contributed by atoms with van der Waals surface area (Å²) in [5, 5.41) is 10.5. The molecular formula is C30H34N6O. The smallest absolute Gasteiger partial charge is 0.300 e. The fourth-order valence-electron chi connectivity index (χ4n) is 5.29. The van der Waals surface area contributed by atoms with E-state index < -0.39 is 0 Å². The molecule has 1 saturated carbocycles. The van der Waals surface area contributed by atoms with E-state index in [1.807, 2.05) is 42.5 Å². The van der Waals surface area contributed by atoms with Crippen molar-refractivity contribution in [3.63, 3.8) is 0 Å². The van der Waals surface area contributed by atoms with Gasteiger partial charge in [-0.3, -0.25) is 0 Å². The Morgan fingerprint density at radius 3 is 2.62 bits per heavy atom. The molecule has 37 heavy (non-hydrogen) atoms. The molecule has 0 bridgehead atoms. The number of aromatic nitrogens is 1. The fourth-order valence-corrected chi connectivity index (χ4v) is 5.29. The summed E-state index contributed by atoms with van der Waals surface area (Å²) in [5.74, 6) is 0.532. The molecule has 0 amide bonds. The van der Waals surface area contributed by atoms with Gasteiger partial charge in [0.05, 0.1) is 17.6 Å². The quantitative estimate of drug-likeness (QED) is 0.139. The average Bonchev–Trinajstić information content (AvgIpc) is 3.34. The van der Waals surface area contributed by atoms with Crippen molar-refractivity contribution in [3.8, 4) is 11.1 Å². The summed E-state index contributed by atoms with van der Waals surface area (Å²) in [4.78, 5) is 7.28. The van der Waals surface area contributed by atoms with Gasteiger partial charge in [-0.2, -0.15) is 10.5 Å². The van der Waals surface area contributed by atoms with Crippen LogP contribution in [0.4, 0.5) is 17.4 Å². The van der Waals surface area contributed by atoms with Crippen LogP contribution in [0.3, 0.4) is 0 Å². The molecule has 0 unspecified atom stereocenters. The first-order chi connectivity index (χ1) is 18.1. The number of benzene rings is 3. The van der Waals surface area contributed by atoms with Gasteiger partial charge in [-0.1, -0.05) is 80.8 Å². The number of anilines is 3. The van der Waals surface area contributed by atoms with Crippen LogP contribution in [-0.4, -0.2) is 23.8 Å². The monoisotopic (exact) mass is 494 g/mol. The van der Waals surface area contributed by atoms with Crippen molar-refractivity contribution in [2.45, 2.75) is 52.0 Å². The van der Waals surface area contributed by atoms with Crippen LogP contribution in [0.15, 0.2) is 81.5 Å². The highest BCUT2D eigenvalue weighted by atomic mass is 16.4. The van der Waals surface area contributed by atoms with Gasteiger partial charge in [0.15, 0.2) is 5.58 Å². The van der Waals surface area contributed by atoms with Gasteiger partial charge >= 0.3 is 0 Å². The van der Waals surface area contributed by atoms with Crippen LogP contribution >= 0.6 is 0 Å². The van der Waals surface area contributed by atoms with Gasteiger partial charge in [0, 0.05) is 18.2 Å². The maximum Gasteiger partial charge on any atom is 0.300 e. The van der Waals surface area contributed by atoms with Crippen LogP contribution in [0.5, 0.6) is 0 Å². The summed E-state index contributed by atoms with van der Waals surface area (Å²) in [5.41, 5.74) is 13.7. The molecule has 7 nitrogen and oxygen atoms in total. The molecule has 7 heteroatoms. The molecule has 1 aliphatic carbocycles. The van der Waals surface area contributed by atoms with Gasteiger partial charge in [0.2, 0.25) is 0 Å². The summed E-state index contributed by atoms with van der Waals surface area (Å²) in [6.07, 6.45) is 7.93. The van der Waals surface area contributed by atoms with Crippen molar-refractivity contribution in [3.05, 3.63) is 72.3 Å². The fraction of sp³-hybridized carbons (Fsp3) is 0.333. The van der Waals surface area contributed by atoms with Crippen LogP contribution in [-0.2, 0) is 0 Å². The lowest BCUT2D eigenvalue weighted by Crippen LogP contribution is -2.39. The lowest BCUT2D eigenvalue weighted by molar-refractivity contribution is 0.401. The van der Waals surface area contributed by atoms with Crippen LogP contribution in [0.1, 0.15) is 51.5 Å². The van der Waals surface area contributed by atoms with Crippen molar-refractivity contribution in [2.75, 3.05) is 16.8 Å².